The summed E-state index contributed by atoms with van der Waals surface area (Å²) in [6, 6.07) is 10.8. The molecule has 2 aromatic carbocycles. The second-order valence-electron chi connectivity index (χ2n) is 22.6. The average molecular weight is 1320 g/mol. The maximum absolute atomic E-state index is 13.3. The number of benzene rings is 2. The highest BCUT2D eigenvalue weighted by Gasteiger charge is 2.34. The number of hydroxylamine groups is 2. The number of aliphatic hydroxyl groups excluding tert-OH is 2. The van der Waals surface area contributed by atoms with Gasteiger partial charge in [0.2, 0.25) is 17.7 Å². The number of hydrogen-bond acceptors (Lipinski definition) is 19. The lowest BCUT2D eigenvalue weighted by molar-refractivity contribution is -0.197. The third-order valence-corrected chi connectivity index (χ3v) is 14.5. The quantitative estimate of drug-likeness (QED) is 0.0263. The molecule has 13 N–H and O–H groups in total. The second-order valence-corrected chi connectivity index (χ2v) is 23.0. The number of carbonyl (C=O) groups excluding carboxylic acids is 14. The highest BCUT2D eigenvalue weighted by atomic mass is 31.0. The van der Waals surface area contributed by atoms with E-state index in [-0.39, 0.29) is 123 Å². The molecule has 0 unspecified atom stereocenters. The Hall–Kier alpha value is -8.92. The molecule has 5 rings (SSSR count). The van der Waals surface area contributed by atoms with E-state index >= 15 is 0 Å². The van der Waals surface area contributed by atoms with Crippen LogP contribution in [-0.2, 0) is 75.6 Å². The van der Waals surface area contributed by atoms with E-state index < -0.39 is 53.8 Å². The zero-order valence-electron chi connectivity index (χ0n) is 53.5. The molecule has 3 aliphatic heterocycles. The van der Waals surface area contributed by atoms with Gasteiger partial charge in [0, 0.05) is 119 Å². The van der Waals surface area contributed by atoms with Crippen LogP contribution in [0.5, 0.6) is 0 Å². The molecule has 93 heavy (non-hydrogen) atoms. The van der Waals surface area contributed by atoms with Crippen LogP contribution in [0, 0.1) is 23.7 Å². The number of nitrogens with zero attached hydrogens (tertiary/aromatic N) is 4. The molecule has 13 amide bonds. The summed E-state index contributed by atoms with van der Waals surface area (Å²) >= 11 is 0. The number of aliphatic hydroxyl groups is 2. The Labute approximate surface area is 543 Å². The van der Waals surface area contributed by atoms with Gasteiger partial charge in [-0.15, -0.1) is 5.06 Å². The first-order valence-electron chi connectivity index (χ1n) is 30.7. The van der Waals surface area contributed by atoms with Crippen molar-refractivity contribution in [3.8, 4) is 0 Å². The maximum atomic E-state index is 13.3. The Morgan fingerprint density at radius 1 is 0.570 bits per heavy atom. The van der Waals surface area contributed by atoms with Gasteiger partial charge in [-0.1, -0.05) is 64.8 Å². The Bertz CT molecular complexity index is 2910. The number of anilines is 2. The van der Waals surface area contributed by atoms with Gasteiger partial charge in [0.05, 0.1) is 25.3 Å². The molecule has 30 heteroatoms. The summed E-state index contributed by atoms with van der Waals surface area (Å²) in [5, 5.41) is 32.2. The van der Waals surface area contributed by atoms with E-state index in [0.717, 1.165) is 15.4 Å². The third-order valence-electron chi connectivity index (χ3n) is 14.5. The molecule has 0 spiro atoms. The zero-order chi connectivity index (χ0) is 69.6. The molecular weight excluding hydrogens is 1230 g/mol. The van der Waals surface area contributed by atoms with Crippen LogP contribution in [0.4, 0.5) is 21.0 Å². The summed E-state index contributed by atoms with van der Waals surface area (Å²) in [6.45, 7) is 8.32. The van der Waals surface area contributed by atoms with Crippen molar-refractivity contribution >= 4 is 103 Å². The number of hydrogen-bond donors (Lipinski definition) is 10. The van der Waals surface area contributed by atoms with E-state index in [9.17, 15) is 72.2 Å². The summed E-state index contributed by atoms with van der Waals surface area (Å²) in [5.74, 6) is -5.82. The van der Waals surface area contributed by atoms with Gasteiger partial charge in [-0.25, -0.2) is 14.4 Å². The average Bonchev–Trinajstić information content (AvgIpc) is 2.10. The van der Waals surface area contributed by atoms with Crippen LogP contribution in [0.1, 0.15) is 142 Å². The standard InChI is InChI=1S/C29H41N5O7.C19H30N4O4.C14H16N2O6.CH4NP/c1-19(2)27(33-24(37)8-4-3-5-16-34-25(38)13-14-26(34)39)23(36)17-21(7-6-15-31-29(30)41)28(40)32-22-11-9-20(18-35)10-12-22;1-12(2)17(20)16(25)10-14(4-3-9-22-19(21)27)18(26)23-15-7-5-13(11-24)6-8-15;17-10-5-6-11(18)15(10)9-3-1-2-4-14(21)22-16-12(19)7-8-13(16)20;1-2-3/h9-14,19,21,27,35H,3-8,15-18H2,1-2H3,(H,32,40)(H,33,37)(H3,30,31,41);5-8,12,14,17,24H,3-4,9-11,20H2,1-2H3,(H,23,26)(H3,21,22,27);5-6H,1-4,7-9H2;3H,1H3/t21-,27+;14-,17+;;/m11../s1. The molecule has 29 nitrogen and oxygen atoms in total. The Morgan fingerprint density at radius 3 is 1.32 bits per heavy atom. The number of nitrogens with two attached hydrogens (primary N) is 3. The van der Waals surface area contributed by atoms with Gasteiger partial charge in [0.1, 0.15) is 0 Å². The van der Waals surface area contributed by atoms with Crippen molar-refractivity contribution in [3.63, 3.8) is 0 Å². The molecule has 0 bridgehead atoms. The molecule has 3 aliphatic rings. The molecule has 1 fully saturated rings. The molecule has 4 atom stereocenters. The Kier molecular flexibility index (Phi) is 37.7. The van der Waals surface area contributed by atoms with Crippen LogP contribution in [0.25, 0.3) is 0 Å². The summed E-state index contributed by atoms with van der Waals surface area (Å²) in [4.78, 5) is 173. The molecule has 2 aromatic rings. The van der Waals surface area contributed by atoms with Crippen molar-refractivity contribution in [1.82, 2.24) is 30.8 Å². The molecule has 0 aromatic heterocycles. The van der Waals surface area contributed by atoms with Gasteiger partial charge < -0.3 is 58.8 Å². The normalized spacial score (nSPS) is 14.4. The zero-order valence-corrected chi connectivity index (χ0v) is 54.5. The first-order chi connectivity index (χ1) is 44.1. The number of nitrogens with one attached hydrogen (secondary N) is 5. The van der Waals surface area contributed by atoms with Crippen molar-refractivity contribution in [3.05, 3.63) is 84.0 Å². The summed E-state index contributed by atoms with van der Waals surface area (Å²) < 4.78 is 3.31. The van der Waals surface area contributed by atoms with Gasteiger partial charge >= 0.3 is 18.0 Å². The van der Waals surface area contributed by atoms with E-state index in [1.54, 1.807) is 55.6 Å². The van der Waals surface area contributed by atoms with Crippen molar-refractivity contribution < 1.29 is 82.2 Å². The molecule has 0 saturated carbocycles. The number of Topliss-reactive ketones (excluding diaryl/α,β-unsaturated/α-hetero) is 2. The van der Waals surface area contributed by atoms with Gasteiger partial charge in [0.25, 0.3) is 35.4 Å². The topological polar surface area (TPSA) is 449 Å². The number of carbonyl (C=O) groups is 14. The Morgan fingerprint density at radius 2 is 0.957 bits per heavy atom. The SMILES string of the molecule is CC(C)[C@H](N)C(=O)C[C@@H](CCCNC(N)=O)C(=O)Nc1ccc(CO)cc1.CC(C)[C@H](NC(=O)CCCCCN1C(=O)C=CC1=O)C(=O)C[C@@H](CCCNC(N)=O)C(=O)Nc1ccc(CO)cc1.CN=P.O=C(CCCCCN1C(=O)C=CC1=O)ON1C(=O)CCC1=O. The van der Waals surface area contributed by atoms with E-state index in [1.807, 2.05) is 27.7 Å². The first kappa shape index (κ1) is 80.2. The van der Waals surface area contributed by atoms with Crippen LogP contribution in [-0.4, -0.2) is 153 Å². The van der Waals surface area contributed by atoms with Gasteiger partial charge in [-0.3, -0.25) is 67.3 Å². The Balaban J connectivity index is 0.000000490. The number of urea groups is 2. The number of ketones is 2. The summed E-state index contributed by atoms with van der Waals surface area (Å²) in [5.41, 5.74) is 18.6. The number of amides is 13. The molecule has 3 heterocycles. The van der Waals surface area contributed by atoms with Gasteiger partial charge in [-0.05, 0) is 108 Å². The highest BCUT2D eigenvalue weighted by Crippen LogP contribution is 2.22. The van der Waals surface area contributed by atoms with Crippen molar-refractivity contribution in [2.75, 3.05) is 43.9 Å². The smallest absolute Gasteiger partial charge is 0.333 e. The van der Waals surface area contributed by atoms with E-state index in [2.05, 4.69) is 40.4 Å². The fourth-order valence-electron chi connectivity index (χ4n) is 9.19. The van der Waals surface area contributed by atoms with Crippen molar-refractivity contribution in [2.45, 2.75) is 156 Å². The summed E-state index contributed by atoms with van der Waals surface area (Å²) in [6.07, 6.45) is 10.3. The molecule has 510 valence electrons. The predicted octanol–water partition coefficient (Wildman–Crippen LogP) is 3.91. The molecule has 0 radical (unpaired) electrons. The van der Waals surface area contributed by atoms with Crippen LogP contribution in [0.2, 0.25) is 0 Å². The van der Waals surface area contributed by atoms with E-state index in [4.69, 9.17) is 27.1 Å². The van der Waals surface area contributed by atoms with Crippen LogP contribution in [0.15, 0.2) is 77.6 Å². The monoisotopic (exact) mass is 1320 g/mol. The van der Waals surface area contributed by atoms with Crippen molar-refractivity contribution in [2.24, 2.45) is 45.6 Å². The maximum Gasteiger partial charge on any atom is 0.333 e. The molecular formula is C63H91N12O17P. The largest absolute Gasteiger partial charge is 0.392 e. The second kappa shape index (κ2) is 43.8. The van der Waals surface area contributed by atoms with Gasteiger partial charge in [0.15, 0.2) is 11.6 Å². The molecule has 0 aliphatic carbocycles. The third kappa shape index (κ3) is 31.3. The van der Waals surface area contributed by atoms with E-state index in [0.29, 0.717) is 106 Å². The lowest BCUT2D eigenvalue weighted by Crippen LogP contribution is -2.45. The van der Waals surface area contributed by atoms with E-state index in [1.165, 1.54) is 24.3 Å². The number of imide groups is 3. The fraction of sp³-hybridized carbons (Fsp3) is 0.524. The van der Waals surface area contributed by atoms with Crippen LogP contribution in [0.3, 0.4) is 0 Å². The van der Waals surface area contributed by atoms with Crippen molar-refractivity contribution in [1.29, 1.82) is 0 Å². The lowest BCUT2D eigenvalue weighted by Gasteiger charge is -2.24. The van der Waals surface area contributed by atoms with Gasteiger partial charge in [-0.2, -0.15) is 0 Å². The predicted molar refractivity (Wildman–Crippen MR) is 344 cm³/mol. The van der Waals surface area contributed by atoms with Crippen LogP contribution >= 0.6 is 9.03 Å². The fourth-order valence-corrected chi connectivity index (χ4v) is 9.19. The lowest BCUT2D eigenvalue weighted by atomic mass is 9.89. The first-order valence-corrected chi connectivity index (χ1v) is 31.2. The van der Waals surface area contributed by atoms with Crippen LogP contribution < -0.4 is 43.8 Å². The molecule has 1 saturated heterocycles. The minimum Gasteiger partial charge on any atom is -0.392 e. The highest BCUT2D eigenvalue weighted by molar-refractivity contribution is 7.03. The number of unbranched alkanes of at least 4 members (excludes halogenated alkanes) is 4. The minimum atomic E-state index is -0.781. The number of rotatable bonds is 36. The number of primary amides is 2. The minimum absolute atomic E-state index is 0.0104. The summed E-state index contributed by atoms with van der Waals surface area (Å²) in [7, 11) is 4.47.